The first kappa shape index (κ1) is 11.6. The molecule has 0 atom stereocenters. The van der Waals surface area contributed by atoms with E-state index in [0.29, 0.717) is 0 Å². The molecule has 1 rings (SSSR count). The predicted octanol–water partition coefficient (Wildman–Crippen LogP) is 4.64. The molecule has 0 heterocycles. The second-order valence-corrected chi connectivity index (χ2v) is 4.98. The number of hydrogen-bond donors (Lipinski definition) is 0. The maximum Gasteiger partial charge on any atom is 0.0475 e. The van der Waals surface area contributed by atoms with Crippen LogP contribution < -0.4 is 0 Å². The predicted molar refractivity (Wildman–Crippen MR) is 64.2 cm³/mol. The van der Waals surface area contributed by atoms with Crippen LogP contribution >= 0.6 is 11.6 Å². The molecule has 0 unspecified atom stereocenters. The molecule has 0 saturated carbocycles. The van der Waals surface area contributed by atoms with Crippen LogP contribution in [0.3, 0.4) is 0 Å². The van der Waals surface area contributed by atoms with Gasteiger partial charge in [-0.2, -0.15) is 0 Å². The molecule has 0 aliphatic heterocycles. The summed E-state index contributed by atoms with van der Waals surface area (Å²) >= 11 is 6.36. The molecule has 0 amide bonds. The highest BCUT2D eigenvalue weighted by Gasteiger charge is 2.21. The van der Waals surface area contributed by atoms with Crippen LogP contribution in [-0.4, -0.2) is 0 Å². The van der Waals surface area contributed by atoms with Crippen LogP contribution in [0, 0.1) is 13.8 Å². The number of halogens is 1. The van der Waals surface area contributed by atoms with Crippen LogP contribution in [-0.2, 0) is 5.41 Å². The van der Waals surface area contributed by atoms with Gasteiger partial charge < -0.3 is 0 Å². The van der Waals surface area contributed by atoms with Gasteiger partial charge in [-0.1, -0.05) is 44.5 Å². The third kappa shape index (κ3) is 1.95. The lowest BCUT2D eigenvalue weighted by Crippen LogP contribution is -2.16. The lowest BCUT2D eigenvalue weighted by molar-refractivity contribution is 0.506. The minimum Gasteiger partial charge on any atom is -0.0837 e. The molecule has 0 aliphatic rings. The fourth-order valence-corrected chi connectivity index (χ4v) is 1.96. The van der Waals surface area contributed by atoms with E-state index in [4.69, 9.17) is 11.6 Å². The Morgan fingerprint density at radius 2 is 1.79 bits per heavy atom. The lowest BCUT2D eigenvalue weighted by atomic mass is 9.81. The van der Waals surface area contributed by atoms with Crippen molar-refractivity contribution in [2.45, 2.75) is 46.5 Å². The van der Waals surface area contributed by atoms with Gasteiger partial charge in [0.1, 0.15) is 0 Å². The molecule has 0 N–H and O–H groups in total. The highest BCUT2D eigenvalue weighted by molar-refractivity contribution is 6.32. The van der Waals surface area contributed by atoms with Crippen molar-refractivity contribution in [2.24, 2.45) is 0 Å². The van der Waals surface area contributed by atoms with E-state index in [1.54, 1.807) is 0 Å². The standard InChI is InChI=1S/C13H19Cl/c1-6-13(4,5)11-8-7-9(2)10(3)12(11)14/h7-8H,6H2,1-5H3. The van der Waals surface area contributed by atoms with Gasteiger partial charge in [-0.15, -0.1) is 0 Å². The lowest BCUT2D eigenvalue weighted by Gasteiger charge is -2.25. The van der Waals surface area contributed by atoms with E-state index < -0.39 is 0 Å². The quantitative estimate of drug-likeness (QED) is 0.667. The molecule has 1 heteroatoms. The summed E-state index contributed by atoms with van der Waals surface area (Å²) in [6.45, 7) is 10.9. The van der Waals surface area contributed by atoms with E-state index in [1.807, 2.05) is 0 Å². The molecule has 0 radical (unpaired) electrons. The first-order valence-corrected chi connectivity index (χ1v) is 5.54. The van der Waals surface area contributed by atoms with Crippen LogP contribution in [0.5, 0.6) is 0 Å². The highest BCUT2D eigenvalue weighted by atomic mass is 35.5. The molecule has 0 saturated heterocycles. The van der Waals surface area contributed by atoms with Gasteiger partial charge in [-0.3, -0.25) is 0 Å². The van der Waals surface area contributed by atoms with E-state index >= 15 is 0 Å². The minimum atomic E-state index is 0.176. The van der Waals surface area contributed by atoms with Crippen molar-refractivity contribution < 1.29 is 0 Å². The van der Waals surface area contributed by atoms with Crippen molar-refractivity contribution in [3.05, 3.63) is 33.8 Å². The zero-order valence-electron chi connectivity index (χ0n) is 9.74. The summed E-state index contributed by atoms with van der Waals surface area (Å²) in [5, 5.41) is 0.942. The Morgan fingerprint density at radius 3 is 2.29 bits per heavy atom. The first-order valence-electron chi connectivity index (χ1n) is 5.16. The van der Waals surface area contributed by atoms with Gasteiger partial charge in [-0.05, 0) is 42.4 Å². The van der Waals surface area contributed by atoms with Gasteiger partial charge in [0, 0.05) is 5.02 Å². The second kappa shape index (κ2) is 3.94. The van der Waals surface area contributed by atoms with Crippen molar-refractivity contribution in [3.63, 3.8) is 0 Å². The summed E-state index contributed by atoms with van der Waals surface area (Å²) in [6.07, 6.45) is 1.11. The molecule has 0 fully saturated rings. The summed E-state index contributed by atoms with van der Waals surface area (Å²) in [5.41, 5.74) is 3.93. The number of rotatable bonds is 2. The number of benzene rings is 1. The van der Waals surface area contributed by atoms with Gasteiger partial charge in [0.25, 0.3) is 0 Å². The van der Waals surface area contributed by atoms with Crippen molar-refractivity contribution in [2.75, 3.05) is 0 Å². The van der Waals surface area contributed by atoms with E-state index in [0.717, 1.165) is 11.4 Å². The van der Waals surface area contributed by atoms with Gasteiger partial charge >= 0.3 is 0 Å². The normalized spacial score (nSPS) is 11.9. The molecular weight excluding hydrogens is 192 g/mol. The Labute approximate surface area is 92.3 Å². The Bertz CT molecular complexity index is 337. The molecule has 0 spiro atoms. The smallest absolute Gasteiger partial charge is 0.0475 e. The van der Waals surface area contributed by atoms with E-state index in [1.165, 1.54) is 16.7 Å². The van der Waals surface area contributed by atoms with Crippen LogP contribution in [0.25, 0.3) is 0 Å². The summed E-state index contributed by atoms with van der Waals surface area (Å²) < 4.78 is 0. The number of aryl methyl sites for hydroxylation is 1. The molecule has 0 bridgehead atoms. The molecule has 0 aliphatic carbocycles. The molecule has 1 aromatic carbocycles. The fraction of sp³-hybridized carbons (Fsp3) is 0.538. The molecule has 1 aromatic rings. The first-order chi connectivity index (χ1) is 6.40. The zero-order chi connectivity index (χ0) is 10.9. The van der Waals surface area contributed by atoms with Crippen LogP contribution in [0.1, 0.15) is 43.9 Å². The summed E-state index contributed by atoms with van der Waals surface area (Å²) in [6, 6.07) is 4.32. The molecule has 0 aromatic heterocycles. The largest absolute Gasteiger partial charge is 0.0837 e. The Kier molecular flexibility index (Phi) is 3.26. The van der Waals surface area contributed by atoms with E-state index in [-0.39, 0.29) is 5.41 Å². The van der Waals surface area contributed by atoms with E-state index in [2.05, 4.69) is 46.8 Å². The van der Waals surface area contributed by atoms with Crippen molar-refractivity contribution in [1.29, 1.82) is 0 Å². The fourth-order valence-electron chi connectivity index (χ4n) is 1.49. The number of hydrogen-bond acceptors (Lipinski definition) is 0. The van der Waals surface area contributed by atoms with Gasteiger partial charge in [0.2, 0.25) is 0 Å². The summed E-state index contributed by atoms with van der Waals surface area (Å²) in [4.78, 5) is 0. The third-order valence-corrected chi connectivity index (χ3v) is 3.76. The average Bonchev–Trinajstić information content (AvgIpc) is 2.14. The third-order valence-electron chi connectivity index (χ3n) is 3.27. The second-order valence-electron chi connectivity index (χ2n) is 4.61. The Morgan fingerprint density at radius 1 is 1.21 bits per heavy atom. The molecule has 14 heavy (non-hydrogen) atoms. The summed E-state index contributed by atoms with van der Waals surface area (Å²) in [7, 11) is 0. The van der Waals surface area contributed by atoms with Crippen molar-refractivity contribution >= 4 is 11.6 Å². The SMILES string of the molecule is CCC(C)(C)c1ccc(C)c(C)c1Cl. The topological polar surface area (TPSA) is 0 Å². The Balaban J connectivity index is 3.31. The molecule has 78 valence electrons. The highest BCUT2D eigenvalue weighted by Crippen LogP contribution is 2.35. The van der Waals surface area contributed by atoms with Crippen LogP contribution in [0.2, 0.25) is 5.02 Å². The van der Waals surface area contributed by atoms with Crippen LogP contribution in [0.15, 0.2) is 12.1 Å². The maximum absolute atomic E-state index is 6.36. The van der Waals surface area contributed by atoms with Gasteiger partial charge in [0.05, 0.1) is 0 Å². The molecule has 0 nitrogen and oxygen atoms in total. The van der Waals surface area contributed by atoms with Crippen molar-refractivity contribution in [3.8, 4) is 0 Å². The molecular formula is C13H19Cl. The summed E-state index contributed by atoms with van der Waals surface area (Å²) in [5.74, 6) is 0. The minimum absolute atomic E-state index is 0.176. The Hall–Kier alpha value is -0.490. The van der Waals surface area contributed by atoms with E-state index in [9.17, 15) is 0 Å². The maximum atomic E-state index is 6.36. The van der Waals surface area contributed by atoms with Crippen LogP contribution in [0.4, 0.5) is 0 Å². The van der Waals surface area contributed by atoms with Crippen molar-refractivity contribution in [1.82, 2.24) is 0 Å². The average molecular weight is 211 g/mol. The van der Waals surface area contributed by atoms with Gasteiger partial charge in [0.15, 0.2) is 0 Å². The monoisotopic (exact) mass is 210 g/mol. The zero-order valence-corrected chi connectivity index (χ0v) is 10.5. The van der Waals surface area contributed by atoms with Gasteiger partial charge in [-0.25, -0.2) is 0 Å².